The molecule has 1 saturated carbocycles. The highest BCUT2D eigenvalue weighted by atomic mass is 16.5. The van der Waals surface area contributed by atoms with Crippen molar-refractivity contribution < 1.29 is 14.1 Å². The van der Waals surface area contributed by atoms with E-state index in [0.29, 0.717) is 31.3 Å². The van der Waals surface area contributed by atoms with Gasteiger partial charge in [0.05, 0.1) is 5.69 Å². The number of piperidine rings is 1. The van der Waals surface area contributed by atoms with Gasteiger partial charge < -0.3 is 14.2 Å². The van der Waals surface area contributed by atoms with Crippen LogP contribution in [0.15, 0.2) is 10.6 Å². The first-order valence-corrected chi connectivity index (χ1v) is 9.65. The van der Waals surface area contributed by atoms with E-state index in [9.17, 15) is 4.79 Å². The van der Waals surface area contributed by atoms with Crippen molar-refractivity contribution in [2.24, 2.45) is 7.05 Å². The first-order chi connectivity index (χ1) is 13.0. The number of carbonyl (C=O) groups is 1. The highest BCUT2D eigenvalue weighted by molar-refractivity contribution is 5.92. The molecule has 0 bridgehead atoms. The van der Waals surface area contributed by atoms with E-state index < -0.39 is 0 Å². The van der Waals surface area contributed by atoms with Crippen LogP contribution in [0.3, 0.4) is 0 Å². The zero-order chi connectivity index (χ0) is 19.0. The fourth-order valence-electron chi connectivity index (χ4n) is 3.94. The molecule has 146 valence electrons. The van der Waals surface area contributed by atoms with Gasteiger partial charge in [-0.25, -0.2) is 0 Å². The summed E-state index contributed by atoms with van der Waals surface area (Å²) in [6, 6.07) is 1.84. The molecule has 1 amide bonds. The standard InChI is InChI=1S/C19H27N5O3/c1-13-12-15(23(2)21-13)17(25)24-9-6-19(7-10-24,8-11-26-3)18-20-16(27-22-18)14-4-5-14/h12,14H,4-11H2,1-3H3. The number of aromatic nitrogens is 4. The van der Waals surface area contributed by atoms with Gasteiger partial charge in [-0.05, 0) is 45.1 Å². The number of aryl methyl sites for hydroxylation is 2. The lowest BCUT2D eigenvalue weighted by atomic mass is 9.75. The van der Waals surface area contributed by atoms with Crippen molar-refractivity contribution in [2.75, 3.05) is 26.8 Å². The van der Waals surface area contributed by atoms with Crippen LogP contribution in [-0.4, -0.2) is 57.5 Å². The van der Waals surface area contributed by atoms with Crippen LogP contribution >= 0.6 is 0 Å². The van der Waals surface area contributed by atoms with Gasteiger partial charge in [0.1, 0.15) is 5.69 Å². The van der Waals surface area contributed by atoms with E-state index in [2.05, 4.69) is 10.3 Å². The summed E-state index contributed by atoms with van der Waals surface area (Å²) in [7, 11) is 3.52. The molecule has 8 nitrogen and oxygen atoms in total. The van der Waals surface area contributed by atoms with Gasteiger partial charge in [-0.2, -0.15) is 10.1 Å². The summed E-state index contributed by atoms with van der Waals surface area (Å²) in [5, 5.41) is 8.60. The molecule has 2 fully saturated rings. The van der Waals surface area contributed by atoms with Gasteiger partial charge in [0.2, 0.25) is 5.89 Å². The molecule has 2 aliphatic rings. The van der Waals surface area contributed by atoms with E-state index in [1.165, 1.54) is 0 Å². The Labute approximate surface area is 158 Å². The molecule has 0 radical (unpaired) electrons. The fraction of sp³-hybridized carbons (Fsp3) is 0.684. The second kappa shape index (κ2) is 7.07. The number of methoxy groups -OCH3 is 1. The molecule has 1 aliphatic heterocycles. The molecular weight excluding hydrogens is 346 g/mol. The maximum absolute atomic E-state index is 12.9. The molecule has 1 saturated heterocycles. The number of hydrogen-bond acceptors (Lipinski definition) is 6. The average molecular weight is 373 g/mol. The minimum absolute atomic E-state index is 0.0326. The Hall–Kier alpha value is -2.22. The molecule has 2 aromatic rings. The Kier molecular flexibility index (Phi) is 4.75. The van der Waals surface area contributed by atoms with Crippen LogP contribution in [0.1, 0.15) is 65.9 Å². The lowest BCUT2D eigenvalue weighted by molar-refractivity contribution is 0.0606. The summed E-state index contributed by atoms with van der Waals surface area (Å²) in [4.78, 5) is 19.5. The number of nitrogens with zero attached hydrogens (tertiary/aromatic N) is 5. The third-order valence-electron chi connectivity index (χ3n) is 5.86. The molecule has 0 N–H and O–H groups in total. The van der Waals surface area contributed by atoms with Gasteiger partial charge in [0.25, 0.3) is 5.91 Å². The molecule has 2 aromatic heterocycles. The molecule has 3 heterocycles. The third-order valence-corrected chi connectivity index (χ3v) is 5.86. The first-order valence-electron chi connectivity index (χ1n) is 9.65. The van der Waals surface area contributed by atoms with Crippen molar-refractivity contribution in [2.45, 2.75) is 50.4 Å². The monoisotopic (exact) mass is 373 g/mol. The van der Waals surface area contributed by atoms with Gasteiger partial charge in [0.15, 0.2) is 5.82 Å². The van der Waals surface area contributed by atoms with Crippen LogP contribution in [0, 0.1) is 6.92 Å². The van der Waals surface area contributed by atoms with Crippen LogP contribution in [0.5, 0.6) is 0 Å². The Bertz CT molecular complexity index is 815. The maximum atomic E-state index is 12.9. The molecule has 0 atom stereocenters. The predicted molar refractivity (Wildman–Crippen MR) is 97.5 cm³/mol. The quantitative estimate of drug-likeness (QED) is 0.772. The lowest BCUT2D eigenvalue weighted by Gasteiger charge is -2.39. The predicted octanol–water partition coefficient (Wildman–Crippen LogP) is 2.20. The maximum Gasteiger partial charge on any atom is 0.272 e. The highest BCUT2D eigenvalue weighted by Crippen LogP contribution is 2.42. The SMILES string of the molecule is COCCC1(c2noc(C3CC3)n2)CCN(C(=O)c2cc(C)nn2C)CC1. The topological polar surface area (TPSA) is 86.3 Å². The summed E-state index contributed by atoms with van der Waals surface area (Å²) in [5.41, 5.74) is 1.30. The molecule has 0 spiro atoms. The first kappa shape index (κ1) is 18.2. The van der Waals surface area contributed by atoms with Crippen LogP contribution in [0.2, 0.25) is 0 Å². The van der Waals surface area contributed by atoms with Gasteiger partial charge in [-0.15, -0.1) is 0 Å². The van der Waals surface area contributed by atoms with Gasteiger partial charge >= 0.3 is 0 Å². The average Bonchev–Trinajstić information content (AvgIpc) is 3.29. The van der Waals surface area contributed by atoms with E-state index in [1.807, 2.05) is 24.9 Å². The smallest absolute Gasteiger partial charge is 0.272 e. The van der Waals surface area contributed by atoms with Gasteiger partial charge in [0, 0.05) is 45.2 Å². The van der Waals surface area contributed by atoms with E-state index in [1.54, 1.807) is 11.8 Å². The minimum Gasteiger partial charge on any atom is -0.385 e. The van der Waals surface area contributed by atoms with E-state index >= 15 is 0 Å². The Morgan fingerprint density at radius 1 is 1.37 bits per heavy atom. The molecule has 27 heavy (non-hydrogen) atoms. The lowest BCUT2D eigenvalue weighted by Crippen LogP contribution is -2.46. The van der Waals surface area contributed by atoms with Crippen LogP contribution in [-0.2, 0) is 17.2 Å². The van der Waals surface area contributed by atoms with Crippen LogP contribution < -0.4 is 0 Å². The van der Waals surface area contributed by atoms with Crippen molar-refractivity contribution in [3.05, 3.63) is 29.2 Å². The van der Waals surface area contributed by atoms with Crippen molar-refractivity contribution in [1.82, 2.24) is 24.8 Å². The molecule has 0 unspecified atom stereocenters. The number of hydrogen-bond donors (Lipinski definition) is 0. The summed E-state index contributed by atoms with van der Waals surface area (Å²) in [6.45, 7) is 3.87. The van der Waals surface area contributed by atoms with Crippen molar-refractivity contribution in [3.63, 3.8) is 0 Å². The summed E-state index contributed by atoms with van der Waals surface area (Å²) < 4.78 is 12.5. The van der Waals surface area contributed by atoms with Crippen LogP contribution in [0.25, 0.3) is 0 Å². The number of amides is 1. The van der Waals surface area contributed by atoms with Crippen molar-refractivity contribution in [1.29, 1.82) is 0 Å². The highest BCUT2D eigenvalue weighted by Gasteiger charge is 2.42. The van der Waals surface area contributed by atoms with Gasteiger partial charge in [-0.1, -0.05) is 5.16 Å². The van der Waals surface area contributed by atoms with E-state index in [4.69, 9.17) is 14.2 Å². The molecule has 1 aliphatic carbocycles. The van der Waals surface area contributed by atoms with Crippen LogP contribution in [0.4, 0.5) is 0 Å². The number of likely N-dealkylation sites (tertiary alicyclic amines) is 1. The summed E-state index contributed by atoms with van der Waals surface area (Å²) in [5.74, 6) is 2.03. The normalized spacial score (nSPS) is 19.4. The van der Waals surface area contributed by atoms with Gasteiger partial charge in [-0.3, -0.25) is 9.48 Å². The van der Waals surface area contributed by atoms with Crippen molar-refractivity contribution in [3.8, 4) is 0 Å². The Balaban J connectivity index is 1.50. The molecule has 8 heteroatoms. The Morgan fingerprint density at radius 3 is 2.70 bits per heavy atom. The summed E-state index contributed by atoms with van der Waals surface area (Å²) >= 11 is 0. The summed E-state index contributed by atoms with van der Waals surface area (Å²) in [6.07, 6.45) is 4.73. The van der Waals surface area contributed by atoms with E-state index in [-0.39, 0.29) is 11.3 Å². The largest absolute Gasteiger partial charge is 0.385 e. The van der Waals surface area contributed by atoms with Crippen molar-refractivity contribution >= 4 is 5.91 Å². The zero-order valence-corrected chi connectivity index (χ0v) is 16.3. The van der Waals surface area contributed by atoms with E-state index in [0.717, 1.165) is 49.5 Å². The number of carbonyl (C=O) groups excluding carboxylic acids is 1. The fourth-order valence-corrected chi connectivity index (χ4v) is 3.94. The second-order valence-electron chi connectivity index (χ2n) is 7.84. The molecular formula is C19H27N5O3. The number of ether oxygens (including phenoxy) is 1. The zero-order valence-electron chi connectivity index (χ0n) is 16.3. The second-order valence-corrected chi connectivity index (χ2v) is 7.84. The minimum atomic E-state index is -0.189. The number of rotatable bonds is 6. The molecule has 0 aromatic carbocycles. The molecule has 4 rings (SSSR count). The third kappa shape index (κ3) is 3.50. The Morgan fingerprint density at radius 2 is 2.11 bits per heavy atom.